The molecule has 3 nitrogen and oxygen atoms in total. The summed E-state index contributed by atoms with van der Waals surface area (Å²) in [6, 6.07) is 8.40. The zero-order valence-corrected chi connectivity index (χ0v) is 11.3. The zero-order chi connectivity index (χ0) is 12.8. The fraction of sp³-hybridized carbons (Fsp3) is 0.357. The molecule has 1 heterocycles. The van der Waals surface area contributed by atoms with E-state index < -0.39 is 0 Å². The van der Waals surface area contributed by atoms with Gasteiger partial charge in [0.1, 0.15) is 12.4 Å². The molecule has 0 aliphatic heterocycles. The fourth-order valence-corrected chi connectivity index (χ4v) is 2.14. The summed E-state index contributed by atoms with van der Waals surface area (Å²) in [6.45, 7) is 2.69. The Kier molecular flexibility index (Phi) is 4.73. The van der Waals surface area contributed by atoms with E-state index in [0.717, 1.165) is 23.5 Å². The highest BCUT2D eigenvalue weighted by atomic mass is 32.1. The van der Waals surface area contributed by atoms with Crippen molar-refractivity contribution >= 4 is 11.3 Å². The molecule has 0 aliphatic carbocycles. The van der Waals surface area contributed by atoms with Gasteiger partial charge in [-0.05, 0) is 30.5 Å². The first-order valence-corrected chi connectivity index (χ1v) is 7.00. The smallest absolute Gasteiger partial charge is 0.124 e. The third kappa shape index (κ3) is 3.82. The first kappa shape index (κ1) is 13.1. The molecule has 0 fully saturated rings. The number of aromatic nitrogens is 1. The first-order valence-electron chi connectivity index (χ1n) is 6.12. The summed E-state index contributed by atoms with van der Waals surface area (Å²) < 4.78 is 5.68. The highest BCUT2D eigenvalue weighted by Crippen LogP contribution is 2.16. The molecule has 0 radical (unpaired) electrons. The predicted molar refractivity (Wildman–Crippen MR) is 74.9 cm³/mol. The van der Waals surface area contributed by atoms with Gasteiger partial charge in [0.15, 0.2) is 0 Å². The van der Waals surface area contributed by atoms with E-state index in [0.29, 0.717) is 6.61 Å². The van der Waals surface area contributed by atoms with Gasteiger partial charge in [0.2, 0.25) is 0 Å². The van der Waals surface area contributed by atoms with Gasteiger partial charge < -0.3 is 10.5 Å². The van der Waals surface area contributed by atoms with Crippen LogP contribution in [0.25, 0.3) is 0 Å². The molecule has 1 atom stereocenters. The molecule has 0 aliphatic rings. The van der Waals surface area contributed by atoms with Crippen molar-refractivity contribution in [3.8, 4) is 5.75 Å². The highest BCUT2D eigenvalue weighted by molar-refractivity contribution is 7.09. The molecule has 1 aromatic heterocycles. The highest BCUT2D eigenvalue weighted by Gasteiger charge is 2.02. The van der Waals surface area contributed by atoms with Gasteiger partial charge in [-0.15, -0.1) is 11.3 Å². The summed E-state index contributed by atoms with van der Waals surface area (Å²) in [5.74, 6) is 0.886. The SMILES string of the molecule is CCC(N)Cc1ccc(OCc2cncs2)cc1. The monoisotopic (exact) mass is 262 g/mol. The van der Waals surface area contributed by atoms with Crippen molar-refractivity contribution in [3.05, 3.63) is 46.4 Å². The largest absolute Gasteiger partial charge is 0.488 e. The minimum Gasteiger partial charge on any atom is -0.488 e. The maximum absolute atomic E-state index is 5.93. The van der Waals surface area contributed by atoms with E-state index in [1.165, 1.54) is 5.56 Å². The van der Waals surface area contributed by atoms with Crippen LogP contribution in [0.1, 0.15) is 23.8 Å². The summed E-state index contributed by atoms with van der Waals surface area (Å²) in [7, 11) is 0. The summed E-state index contributed by atoms with van der Waals surface area (Å²) in [6.07, 6.45) is 3.76. The van der Waals surface area contributed by atoms with Crippen LogP contribution in [0.3, 0.4) is 0 Å². The van der Waals surface area contributed by atoms with Crippen molar-refractivity contribution in [2.75, 3.05) is 0 Å². The molecular formula is C14H18N2OS. The first-order chi connectivity index (χ1) is 8.78. The number of nitrogens with zero attached hydrogens (tertiary/aromatic N) is 1. The van der Waals surface area contributed by atoms with Crippen molar-refractivity contribution < 1.29 is 4.74 Å². The molecule has 1 aromatic carbocycles. The van der Waals surface area contributed by atoms with Gasteiger partial charge in [0.25, 0.3) is 0 Å². The zero-order valence-electron chi connectivity index (χ0n) is 10.5. The quantitative estimate of drug-likeness (QED) is 0.870. The molecule has 18 heavy (non-hydrogen) atoms. The van der Waals surface area contributed by atoms with Crippen molar-refractivity contribution in [2.45, 2.75) is 32.4 Å². The second-order valence-corrected chi connectivity index (χ2v) is 5.24. The normalized spacial score (nSPS) is 12.3. The molecule has 2 rings (SSSR count). The lowest BCUT2D eigenvalue weighted by atomic mass is 10.0. The molecule has 96 valence electrons. The van der Waals surface area contributed by atoms with Gasteiger partial charge >= 0.3 is 0 Å². The minimum absolute atomic E-state index is 0.244. The Labute approximate surface area is 112 Å². The van der Waals surface area contributed by atoms with Crippen LogP contribution in [0.2, 0.25) is 0 Å². The standard InChI is InChI=1S/C14H18N2OS/c1-2-12(15)7-11-3-5-13(6-4-11)17-9-14-8-16-10-18-14/h3-6,8,10,12H,2,7,9,15H2,1H3. The lowest BCUT2D eigenvalue weighted by Gasteiger charge is -2.09. The van der Waals surface area contributed by atoms with E-state index in [1.54, 1.807) is 11.3 Å². The van der Waals surface area contributed by atoms with Crippen molar-refractivity contribution in [1.29, 1.82) is 0 Å². The van der Waals surface area contributed by atoms with Gasteiger partial charge in [0, 0.05) is 12.2 Å². The third-order valence-electron chi connectivity index (χ3n) is 2.81. The number of thiazole rings is 1. The van der Waals surface area contributed by atoms with Crippen LogP contribution in [0.4, 0.5) is 0 Å². The molecule has 1 unspecified atom stereocenters. The number of benzene rings is 1. The van der Waals surface area contributed by atoms with Crippen molar-refractivity contribution in [1.82, 2.24) is 4.98 Å². The van der Waals surface area contributed by atoms with E-state index in [4.69, 9.17) is 10.5 Å². The van der Waals surface area contributed by atoms with Crippen LogP contribution in [-0.2, 0) is 13.0 Å². The lowest BCUT2D eigenvalue weighted by Crippen LogP contribution is -2.21. The Balaban J connectivity index is 1.87. The van der Waals surface area contributed by atoms with Gasteiger partial charge in [-0.3, -0.25) is 4.98 Å². The fourth-order valence-electron chi connectivity index (χ4n) is 1.64. The van der Waals surface area contributed by atoms with E-state index >= 15 is 0 Å². The second-order valence-electron chi connectivity index (χ2n) is 4.27. The summed E-state index contributed by atoms with van der Waals surface area (Å²) in [5.41, 5.74) is 9.00. The minimum atomic E-state index is 0.244. The van der Waals surface area contributed by atoms with Gasteiger partial charge in [0.05, 0.1) is 10.4 Å². The number of hydrogen-bond donors (Lipinski definition) is 1. The second kappa shape index (κ2) is 6.52. The molecule has 0 saturated carbocycles. The van der Waals surface area contributed by atoms with E-state index in [9.17, 15) is 0 Å². The Morgan fingerprint density at radius 1 is 1.33 bits per heavy atom. The number of rotatable bonds is 6. The van der Waals surface area contributed by atoms with Gasteiger partial charge in [-0.2, -0.15) is 0 Å². The van der Waals surface area contributed by atoms with Crippen LogP contribution in [-0.4, -0.2) is 11.0 Å². The molecular weight excluding hydrogens is 244 g/mol. The average molecular weight is 262 g/mol. The molecule has 0 amide bonds. The molecule has 0 bridgehead atoms. The maximum atomic E-state index is 5.93. The molecule has 4 heteroatoms. The molecule has 2 aromatic rings. The predicted octanol–water partition coefficient (Wildman–Crippen LogP) is 3.00. The maximum Gasteiger partial charge on any atom is 0.124 e. The summed E-state index contributed by atoms with van der Waals surface area (Å²) in [4.78, 5) is 5.15. The Morgan fingerprint density at radius 2 is 2.11 bits per heavy atom. The van der Waals surface area contributed by atoms with Gasteiger partial charge in [-0.25, -0.2) is 0 Å². The van der Waals surface area contributed by atoms with Gasteiger partial charge in [-0.1, -0.05) is 19.1 Å². The van der Waals surface area contributed by atoms with E-state index in [-0.39, 0.29) is 6.04 Å². The van der Waals surface area contributed by atoms with E-state index in [2.05, 4.69) is 24.0 Å². The lowest BCUT2D eigenvalue weighted by molar-refractivity contribution is 0.309. The van der Waals surface area contributed by atoms with E-state index in [1.807, 2.05) is 23.8 Å². The summed E-state index contributed by atoms with van der Waals surface area (Å²) in [5, 5.41) is 0. The number of nitrogens with two attached hydrogens (primary N) is 1. The number of ether oxygens (including phenoxy) is 1. The van der Waals surface area contributed by atoms with Crippen molar-refractivity contribution in [3.63, 3.8) is 0 Å². The Bertz CT molecular complexity index is 453. The molecule has 0 saturated heterocycles. The van der Waals surface area contributed by atoms with Crippen LogP contribution in [0.5, 0.6) is 5.75 Å². The van der Waals surface area contributed by atoms with Crippen LogP contribution >= 0.6 is 11.3 Å². The Morgan fingerprint density at radius 3 is 2.72 bits per heavy atom. The van der Waals surface area contributed by atoms with Crippen LogP contribution in [0, 0.1) is 0 Å². The van der Waals surface area contributed by atoms with Crippen LogP contribution in [0.15, 0.2) is 36.0 Å². The van der Waals surface area contributed by atoms with Crippen molar-refractivity contribution in [2.24, 2.45) is 5.73 Å². The molecule has 2 N–H and O–H groups in total. The topological polar surface area (TPSA) is 48.1 Å². The average Bonchev–Trinajstić information content (AvgIpc) is 2.91. The molecule has 0 spiro atoms. The summed E-state index contributed by atoms with van der Waals surface area (Å²) >= 11 is 1.60. The van der Waals surface area contributed by atoms with Crippen LogP contribution < -0.4 is 10.5 Å². The Hall–Kier alpha value is -1.39. The number of hydrogen-bond acceptors (Lipinski definition) is 4. The third-order valence-corrected chi connectivity index (χ3v) is 3.56.